The molecule has 0 atom stereocenters. The van der Waals surface area contributed by atoms with Gasteiger partial charge in [-0.25, -0.2) is 4.98 Å². The summed E-state index contributed by atoms with van der Waals surface area (Å²) >= 11 is 6.02. The van der Waals surface area contributed by atoms with Crippen molar-refractivity contribution in [2.75, 3.05) is 0 Å². The summed E-state index contributed by atoms with van der Waals surface area (Å²) in [7, 11) is 0. The molecule has 0 fully saturated rings. The Morgan fingerprint density at radius 3 is 2.33 bits per heavy atom. The summed E-state index contributed by atoms with van der Waals surface area (Å²) < 4.78 is 0. The van der Waals surface area contributed by atoms with E-state index in [9.17, 15) is 0 Å². The van der Waals surface area contributed by atoms with Crippen LogP contribution in [0.1, 0.15) is 36.6 Å². The van der Waals surface area contributed by atoms with Crippen LogP contribution in [-0.4, -0.2) is 4.98 Å². The van der Waals surface area contributed by atoms with Crippen LogP contribution in [0.4, 0.5) is 0 Å². The van der Waals surface area contributed by atoms with Crippen molar-refractivity contribution in [2.45, 2.75) is 33.6 Å². The third-order valence-corrected chi connectivity index (χ3v) is 2.21. The maximum Gasteiger partial charge on any atom is 0.133 e. The second kappa shape index (κ2) is 3.44. The third kappa shape index (κ3) is 1.78. The number of hydrogen-bond acceptors (Lipinski definition) is 1. The standard InChI is InChI=1S/C10H14ClN/c1-6(2)9-7(3)5-8(4)12-10(9)11/h5-6H,1-4H3. The predicted octanol–water partition coefficient (Wildman–Crippen LogP) is 3.48. The fourth-order valence-corrected chi connectivity index (χ4v) is 2.00. The highest BCUT2D eigenvalue weighted by atomic mass is 35.5. The zero-order valence-electron chi connectivity index (χ0n) is 7.98. The molecule has 0 saturated heterocycles. The lowest BCUT2D eigenvalue weighted by atomic mass is 10.00. The Morgan fingerprint density at radius 2 is 1.92 bits per heavy atom. The summed E-state index contributed by atoms with van der Waals surface area (Å²) in [5, 5.41) is 0.655. The van der Waals surface area contributed by atoms with Gasteiger partial charge in [0.25, 0.3) is 0 Å². The van der Waals surface area contributed by atoms with E-state index in [1.54, 1.807) is 0 Å². The van der Waals surface area contributed by atoms with E-state index in [4.69, 9.17) is 11.6 Å². The zero-order valence-corrected chi connectivity index (χ0v) is 8.74. The first-order valence-corrected chi connectivity index (χ1v) is 4.53. The fourth-order valence-electron chi connectivity index (χ4n) is 1.49. The second-order valence-electron chi connectivity index (χ2n) is 3.44. The van der Waals surface area contributed by atoms with Gasteiger partial charge in [0.15, 0.2) is 0 Å². The van der Waals surface area contributed by atoms with E-state index >= 15 is 0 Å². The van der Waals surface area contributed by atoms with Crippen molar-refractivity contribution >= 4 is 11.6 Å². The van der Waals surface area contributed by atoms with Gasteiger partial charge in [-0.05, 0) is 37.0 Å². The van der Waals surface area contributed by atoms with Crippen molar-refractivity contribution in [3.8, 4) is 0 Å². The maximum atomic E-state index is 6.02. The smallest absolute Gasteiger partial charge is 0.133 e. The molecule has 1 aromatic heterocycles. The molecule has 1 nitrogen and oxygen atoms in total. The SMILES string of the molecule is Cc1cc(C)c(C(C)C)c(Cl)n1. The highest BCUT2D eigenvalue weighted by Crippen LogP contribution is 2.26. The van der Waals surface area contributed by atoms with Crippen LogP contribution in [0.15, 0.2) is 6.07 Å². The third-order valence-electron chi connectivity index (χ3n) is 1.92. The van der Waals surface area contributed by atoms with Crippen molar-refractivity contribution in [1.82, 2.24) is 4.98 Å². The highest BCUT2D eigenvalue weighted by Gasteiger charge is 2.09. The number of aromatic nitrogens is 1. The summed E-state index contributed by atoms with van der Waals surface area (Å²) in [6.45, 7) is 8.30. The normalized spacial score (nSPS) is 10.8. The van der Waals surface area contributed by atoms with E-state index in [1.165, 1.54) is 11.1 Å². The lowest BCUT2D eigenvalue weighted by Gasteiger charge is -2.11. The minimum absolute atomic E-state index is 0.450. The van der Waals surface area contributed by atoms with Gasteiger partial charge in [-0.1, -0.05) is 25.4 Å². The van der Waals surface area contributed by atoms with E-state index in [2.05, 4.69) is 31.8 Å². The largest absolute Gasteiger partial charge is 0.241 e. The van der Waals surface area contributed by atoms with Crippen molar-refractivity contribution in [1.29, 1.82) is 0 Å². The molecule has 0 spiro atoms. The van der Waals surface area contributed by atoms with Crippen LogP contribution in [0.3, 0.4) is 0 Å². The Morgan fingerprint density at radius 1 is 1.33 bits per heavy atom. The van der Waals surface area contributed by atoms with E-state index in [0.29, 0.717) is 11.1 Å². The predicted molar refractivity (Wildman–Crippen MR) is 52.8 cm³/mol. The Labute approximate surface area is 78.8 Å². The summed E-state index contributed by atoms with van der Waals surface area (Å²) in [5.74, 6) is 0.450. The maximum absolute atomic E-state index is 6.02. The monoisotopic (exact) mass is 183 g/mol. The summed E-state index contributed by atoms with van der Waals surface area (Å²) in [6.07, 6.45) is 0. The van der Waals surface area contributed by atoms with E-state index in [1.807, 2.05) is 6.92 Å². The number of halogens is 1. The Hall–Kier alpha value is -0.560. The molecule has 2 heteroatoms. The molecule has 0 aromatic carbocycles. The fraction of sp³-hybridized carbons (Fsp3) is 0.500. The Bertz CT molecular complexity index is 269. The van der Waals surface area contributed by atoms with Gasteiger partial charge in [-0.15, -0.1) is 0 Å². The van der Waals surface area contributed by atoms with Gasteiger partial charge in [-0.2, -0.15) is 0 Å². The van der Waals surface area contributed by atoms with Gasteiger partial charge in [0, 0.05) is 5.69 Å². The molecule has 0 saturated carbocycles. The van der Waals surface area contributed by atoms with E-state index < -0.39 is 0 Å². The minimum Gasteiger partial charge on any atom is -0.241 e. The topological polar surface area (TPSA) is 12.9 Å². The first-order valence-electron chi connectivity index (χ1n) is 4.16. The van der Waals surface area contributed by atoms with Crippen LogP contribution in [0.5, 0.6) is 0 Å². The van der Waals surface area contributed by atoms with Crippen LogP contribution in [-0.2, 0) is 0 Å². The molecule has 1 aromatic rings. The van der Waals surface area contributed by atoms with Gasteiger partial charge in [0.1, 0.15) is 5.15 Å². The summed E-state index contributed by atoms with van der Waals surface area (Å²) in [6, 6.07) is 2.07. The van der Waals surface area contributed by atoms with Crippen molar-refractivity contribution in [2.24, 2.45) is 0 Å². The first-order chi connectivity index (χ1) is 5.52. The molecule has 0 aliphatic heterocycles. The van der Waals surface area contributed by atoms with Gasteiger partial charge >= 0.3 is 0 Å². The molecule has 1 heterocycles. The van der Waals surface area contributed by atoms with Gasteiger partial charge in [0.2, 0.25) is 0 Å². The average Bonchev–Trinajstić information content (AvgIpc) is 1.82. The lowest BCUT2D eigenvalue weighted by Crippen LogP contribution is -1.97. The second-order valence-corrected chi connectivity index (χ2v) is 3.80. The molecule has 0 aliphatic rings. The molecule has 0 aliphatic carbocycles. The van der Waals surface area contributed by atoms with Crippen molar-refractivity contribution < 1.29 is 0 Å². The highest BCUT2D eigenvalue weighted by molar-refractivity contribution is 6.30. The van der Waals surface area contributed by atoms with Crippen LogP contribution in [0.2, 0.25) is 5.15 Å². The van der Waals surface area contributed by atoms with E-state index in [-0.39, 0.29) is 0 Å². The molecule has 0 bridgehead atoms. The summed E-state index contributed by atoms with van der Waals surface area (Å²) in [5.41, 5.74) is 3.40. The lowest BCUT2D eigenvalue weighted by molar-refractivity contribution is 0.844. The van der Waals surface area contributed by atoms with Crippen molar-refractivity contribution in [3.63, 3.8) is 0 Å². The molecule has 1 rings (SSSR count). The molecular formula is C10H14ClN. The number of pyridine rings is 1. The molecule has 0 radical (unpaired) electrons. The molecular weight excluding hydrogens is 170 g/mol. The quantitative estimate of drug-likeness (QED) is 0.608. The number of hydrogen-bond donors (Lipinski definition) is 0. The van der Waals surface area contributed by atoms with E-state index in [0.717, 1.165) is 5.69 Å². The van der Waals surface area contributed by atoms with Crippen LogP contribution in [0.25, 0.3) is 0 Å². The average molecular weight is 184 g/mol. The zero-order chi connectivity index (χ0) is 9.30. The van der Waals surface area contributed by atoms with Crippen LogP contribution < -0.4 is 0 Å². The van der Waals surface area contributed by atoms with Gasteiger partial charge in [-0.3, -0.25) is 0 Å². The molecule has 0 N–H and O–H groups in total. The molecule has 66 valence electrons. The molecule has 0 amide bonds. The van der Waals surface area contributed by atoms with Gasteiger partial charge < -0.3 is 0 Å². The molecule has 12 heavy (non-hydrogen) atoms. The number of aryl methyl sites for hydroxylation is 2. The summed E-state index contributed by atoms with van der Waals surface area (Å²) in [4.78, 5) is 4.22. The number of nitrogens with zero attached hydrogens (tertiary/aromatic N) is 1. The Kier molecular flexibility index (Phi) is 2.73. The first kappa shape index (κ1) is 9.53. The minimum atomic E-state index is 0.450. The van der Waals surface area contributed by atoms with Crippen LogP contribution >= 0.6 is 11.6 Å². The van der Waals surface area contributed by atoms with Crippen LogP contribution in [0, 0.1) is 13.8 Å². The Balaban J connectivity index is 3.28. The van der Waals surface area contributed by atoms with Crippen molar-refractivity contribution in [3.05, 3.63) is 28.0 Å². The van der Waals surface area contributed by atoms with Gasteiger partial charge in [0.05, 0.1) is 0 Å². The number of rotatable bonds is 1. The molecule has 0 unspecified atom stereocenters.